The first-order valence-electron chi connectivity index (χ1n) is 4.78. The molecule has 76 valence electrons. The van der Waals surface area contributed by atoms with Crippen LogP contribution in [0.15, 0.2) is 42.6 Å². The summed E-state index contributed by atoms with van der Waals surface area (Å²) in [5.74, 6) is 0. The summed E-state index contributed by atoms with van der Waals surface area (Å²) in [6.45, 7) is 0.0529. The van der Waals surface area contributed by atoms with Gasteiger partial charge < -0.3 is 5.11 Å². The Labute approximate surface area is 88.1 Å². The van der Waals surface area contributed by atoms with Crippen molar-refractivity contribution in [3.8, 4) is 11.3 Å². The van der Waals surface area contributed by atoms with Gasteiger partial charge >= 0.3 is 0 Å². The van der Waals surface area contributed by atoms with Crippen molar-refractivity contribution in [2.75, 3.05) is 6.61 Å². The fraction of sp³-hybridized carbons (Fsp3) is 0.0833. The molecule has 3 nitrogen and oxygen atoms in total. The number of aliphatic hydroxyl groups is 1. The number of aromatic nitrogens is 2. The van der Waals surface area contributed by atoms with Crippen molar-refractivity contribution in [2.24, 2.45) is 0 Å². The quantitative estimate of drug-likeness (QED) is 0.797. The van der Waals surface area contributed by atoms with Crippen LogP contribution in [0, 0.1) is 0 Å². The molecule has 1 aromatic heterocycles. The third-order valence-corrected chi connectivity index (χ3v) is 2.15. The monoisotopic (exact) mass is 200 g/mol. The minimum atomic E-state index is 0.0529. The van der Waals surface area contributed by atoms with Gasteiger partial charge in [-0.25, -0.2) is 0 Å². The SMILES string of the molecule is OCC=Cc1ccccc1-c1ccn[nH]1. The van der Waals surface area contributed by atoms with Crippen LogP contribution in [-0.2, 0) is 0 Å². The van der Waals surface area contributed by atoms with Crippen molar-refractivity contribution < 1.29 is 5.11 Å². The van der Waals surface area contributed by atoms with Crippen molar-refractivity contribution >= 4 is 6.08 Å². The van der Waals surface area contributed by atoms with E-state index in [0.717, 1.165) is 16.8 Å². The highest BCUT2D eigenvalue weighted by atomic mass is 16.2. The van der Waals surface area contributed by atoms with Crippen LogP contribution in [0.1, 0.15) is 5.56 Å². The summed E-state index contributed by atoms with van der Waals surface area (Å²) in [6, 6.07) is 9.89. The van der Waals surface area contributed by atoms with E-state index in [-0.39, 0.29) is 6.61 Å². The fourth-order valence-corrected chi connectivity index (χ4v) is 1.47. The minimum absolute atomic E-state index is 0.0529. The number of rotatable bonds is 3. The van der Waals surface area contributed by atoms with Crippen molar-refractivity contribution in [3.05, 3.63) is 48.2 Å². The smallest absolute Gasteiger partial charge is 0.0656 e. The lowest BCUT2D eigenvalue weighted by molar-refractivity contribution is 0.343. The van der Waals surface area contributed by atoms with E-state index < -0.39 is 0 Å². The average Bonchev–Trinajstić information content (AvgIpc) is 2.80. The van der Waals surface area contributed by atoms with Gasteiger partial charge in [0.05, 0.1) is 12.3 Å². The number of aliphatic hydroxyl groups excluding tert-OH is 1. The highest BCUT2D eigenvalue weighted by molar-refractivity contribution is 5.72. The van der Waals surface area contributed by atoms with Gasteiger partial charge in [0.25, 0.3) is 0 Å². The maximum atomic E-state index is 8.74. The Hall–Kier alpha value is -1.87. The molecule has 3 heteroatoms. The summed E-state index contributed by atoms with van der Waals surface area (Å²) in [7, 11) is 0. The van der Waals surface area contributed by atoms with Crippen LogP contribution < -0.4 is 0 Å². The molecule has 0 spiro atoms. The topological polar surface area (TPSA) is 48.9 Å². The molecule has 1 heterocycles. The molecule has 0 aliphatic carbocycles. The van der Waals surface area contributed by atoms with Gasteiger partial charge in [-0.15, -0.1) is 0 Å². The molecular weight excluding hydrogens is 188 g/mol. The fourth-order valence-electron chi connectivity index (χ4n) is 1.47. The summed E-state index contributed by atoms with van der Waals surface area (Å²) in [5.41, 5.74) is 3.13. The molecule has 0 aliphatic rings. The molecule has 1 aromatic carbocycles. The summed E-state index contributed by atoms with van der Waals surface area (Å²) < 4.78 is 0. The third kappa shape index (κ3) is 2.14. The Kier molecular flexibility index (Phi) is 2.95. The molecule has 0 amide bonds. The van der Waals surface area contributed by atoms with Gasteiger partial charge in [-0.3, -0.25) is 5.10 Å². The summed E-state index contributed by atoms with van der Waals surface area (Å²) in [4.78, 5) is 0. The molecule has 0 atom stereocenters. The second-order valence-electron chi connectivity index (χ2n) is 3.14. The van der Waals surface area contributed by atoms with Crippen molar-refractivity contribution in [1.82, 2.24) is 10.2 Å². The van der Waals surface area contributed by atoms with Gasteiger partial charge in [0, 0.05) is 11.8 Å². The Morgan fingerprint density at radius 3 is 2.87 bits per heavy atom. The minimum Gasteiger partial charge on any atom is -0.392 e. The Morgan fingerprint density at radius 2 is 2.13 bits per heavy atom. The van der Waals surface area contributed by atoms with Crippen molar-refractivity contribution in [3.63, 3.8) is 0 Å². The number of hydrogen-bond acceptors (Lipinski definition) is 2. The normalized spacial score (nSPS) is 11.0. The molecule has 0 saturated heterocycles. The zero-order valence-corrected chi connectivity index (χ0v) is 8.22. The standard InChI is InChI=1S/C12H12N2O/c15-9-3-5-10-4-1-2-6-11(10)12-7-8-13-14-12/h1-8,15H,9H2,(H,13,14). The number of nitrogens with zero attached hydrogens (tertiary/aromatic N) is 1. The number of aromatic amines is 1. The van der Waals surface area contributed by atoms with E-state index in [0.29, 0.717) is 0 Å². The van der Waals surface area contributed by atoms with E-state index in [9.17, 15) is 0 Å². The molecule has 0 radical (unpaired) electrons. The largest absolute Gasteiger partial charge is 0.392 e. The summed E-state index contributed by atoms with van der Waals surface area (Å²) in [5, 5.41) is 15.6. The molecule has 2 rings (SSSR count). The Morgan fingerprint density at radius 1 is 1.27 bits per heavy atom. The van der Waals surface area contributed by atoms with Crippen molar-refractivity contribution in [1.29, 1.82) is 0 Å². The predicted octanol–water partition coefficient (Wildman–Crippen LogP) is 2.08. The van der Waals surface area contributed by atoms with Crippen LogP contribution in [0.2, 0.25) is 0 Å². The molecule has 0 saturated carbocycles. The number of benzene rings is 1. The van der Waals surface area contributed by atoms with Crippen LogP contribution >= 0.6 is 0 Å². The molecule has 15 heavy (non-hydrogen) atoms. The zero-order chi connectivity index (χ0) is 10.5. The highest BCUT2D eigenvalue weighted by Gasteiger charge is 2.01. The first-order valence-corrected chi connectivity index (χ1v) is 4.78. The van der Waals surface area contributed by atoms with Gasteiger partial charge in [-0.1, -0.05) is 36.4 Å². The first-order chi connectivity index (χ1) is 7.42. The predicted molar refractivity (Wildman–Crippen MR) is 60.1 cm³/mol. The molecule has 0 bridgehead atoms. The van der Waals surface area contributed by atoms with Gasteiger partial charge in [0.15, 0.2) is 0 Å². The van der Waals surface area contributed by atoms with Crippen LogP contribution in [0.4, 0.5) is 0 Å². The van der Waals surface area contributed by atoms with E-state index in [4.69, 9.17) is 5.11 Å². The average molecular weight is 200 g/mol. The maximum absolute atomic E-state index is 8.74. The van der Waals surface area contributed by atoms with Gasteiger partial charge in [-0.2, -0.15) is 5.10 Å². The van der Waals surface area contributed by atoms with Crippen LogP contribution in [0.25, 0.3) is 17.3 Å². The summed E-state index contributed by atoms with van der Waals surface area (Å²) in [6.07, 6.45) is 5.34. The number of H-pyrrole nitrogens is 1. The third-order valence-electron chi connectivity index (χ3n) is 2.15. The number of nitrogens with one attached hydrogen (secondary N) is 1. The lowest BCUT2D eigenvalue weighted by Gasteiger charge is -2.02. The van der Waals surface area contributed by atoms with E-state index in [1.165, 1.54) is 0 Å². The van der Waals surface area contributed by atoms with Crippen molar-refractivity contribution in [2.45, 2.75) is 0 Å². The summed E-state index contributed by atoms with van der Waals surface area (Å²) >= 11 is 0. The highest BCUT2D eigenvalue weighted by Crippen LogP contribution is 2.22. The lowest BCUT2D eigenvalue weighted by Crippen LogP contribution is -1.83. The first kappa shape index (κ1) is 9.68. The zero-order valence-electron chi connectivity index (χ0n) is 8.22. The maximum Gasteiger partial charge on any atom is 0.0656 e. The van der Waals surface area contributed by atoms with Gasteiger partial charge in [-0.05, 0) is 11.6 Å². The van der Waals surface area contributed by atoms with Crippen LogP contribution in [-0.4, -0.2) is 21.9 Å². The Bertz CT molecular complexity index is 446. The van der Waals surface area contributed by atoms with E-state index in [1.807, 2.05) is 36.4 Å². The van der Waals surface area contributed by atoms with Gasteiger partial charge in [0.1, 0.15) is 0 Å². The molecule has 0 aliphatic heterocycles. The molecule has 2 N–H and O–H groups in total. The Balaban J connectivity index is 2.43. The van der Waals surface area contributed by atoms with Crippen LogP contribution in [0.5, 0.6) is 0 Å². The molecular formula is C12H12N2O. The molecule has 0 fully saturated rings. The number of hydrogen-bond donors (Lipinski definition) is 2. The molecule has 0 unspecified atom stereocenters. The lowest BCUT2D eigenvalue weighted by atomic mass is 10.0. The van der Waals surface area contributed by atoms with E-state index in [1.54, 1.807) is 12.3 Å². The molecule has 2 aromatic rings. The van der Waals surface area contributed by atoms with E-state index in [2.05, 4.69) is 10.2 Å². The second-order valence-corrected chi connectivity index (χ2v) is 3.14. The van der Waals surface area contributed by atoms with Crippen LogP contribution in [0.3, 0.4) is 0 Å². The van der Waals surface area contributed by atoms with Gasteiger partial charge in [0.2, 0.25) is 0 Å². The second kappa shape index (κ2) is 4.57. The van der Waals surface area contributed by atoms with E-state index >= 15 is 0 Å².